The Morgan fingerprint density at radius 3 is 2.13 bits per heavy atom. The minimum absolute atomic E-state index is 0.0603. The smallest absolute Gasteiger partial charge is 0.255 e. The van der Waals surface area contributed by atoms with Crippen LogP contribution in [0.15, 0.2) is 52.3 Å². The van der Waals surface area contributed by atoms with Gasteiger partial charge in [0.15, 0.2) is 0 Å². The van der Waals surface area contributed by atoms with E-state index in [9.17, 15) is 21.6 Å². The molecule has 1 amide bonds. The second kappa shape index (κ2) is 8.72. The zero-order valence-corrected chi connectivity index (χ0v) is 18.0. The minimum atomic E-state index is -3.87. The van der Waals surface area contributed by atoms with E-state index in [0.29, 0.717) is 18.8 Å². The fourth-order valence-corrected chi connectivity index (χ4v) is 5.25. The predicted molar refractivity (Wildman–Crippen MR) is 111 cm³/mol. The lowest BCUT2D eigenvalue weighted by Crippen LogP contribution is -2.35. The first-order valence-electron chi connectivity index (χ1n) is 9.25. The van der Waals surface area contributed by atoms with Gasteiger partial charge in [0.05, 0.1) is 22.6 Å². The summed E-state index contributed by atoms with van der Waals surface area (Å²) in [7, 11) is -6.15. The van der Waals surface area contributed by atoms with Gasteiger partial charge in [-0.1, -0.05) is 6.42 Å². The topological polar surface area (TPSA) is 136 Å². The molecule has 162 valence electrons. The van der Waals surface area contributed by atoms with Gasteiger partial charge in [-0.15, -0.1) is 0 Å². The van der Waals surface area contributed by atoms with Gasteiger partial charge in [-0.05, 0) is 55.3 Å². The van der Waals surface area contributed by atoms with Crippen molar-refractivity contribution < 1.29 is 26.4 Å². The number of hydrogen-bond acceptors (Lipinski definition) is 6. The van der Waals surface area contributed by atoms with Gasteiger partial charge in [-0.2, -0.15) is 4.31 Å². The number of benzene rings is 2. The molecule has 0 atom stereocenters. The largest absolute Gasteiger partial charge is 0.495 e. The second-order valence-corrected chi connectivity index (χ2v) is 10.3. The predicted octanol–water partition coefficient (Wildman–Crippen LogP) is 1.77. The van der Waals surface area contributed by atoms with Gasteiger partial charge in [0, 0.05) is 18.7 Å². The monoisotopic (exact) mass is 453 g/mol. The quantitative estimate of drug-likeness (QED) is 0.684. The fraction of sp³-hybridized carbons (Fsp3) is 0.316. The number of carbonyl (C=O) groups is 1. The number of methoxy groups -OCH3 is 1. The van der Waals surface area contributed by atoms with E-state index in [-0.39, 0.29) is 21.0 Å². The number of nitrogens with two attached hydrogens (primary N) is 1. The van der Waals surface area contributed by atoms with Crippen molar-refractivity contribution in [2.24, 2.45) is 5.14 Å². The number of ether oxygens (including phenoxy) is 1. The third-order valence-corrected chi connectivity index (χ3v) is 7.64. The van der Waals surface area contributed by atoms with Crippen molar-refractivity contribution >= 4 is 31.6 Å². The van der Waals surface area contributed by atoms with E-state index in [1.165, 1.54) is 53.9 Å². The molecule has 0 aliphatic carbocycles. The van der Waals surface area contributed by atoms with Crippen LogP contribution in [0.4, 0.5) is 5.69 Å². The average Bonchev–Trinajstić information content (AvgIpc) is 2.73. The molecule has 1 fully saturated rings. The number of amides is 1. The molecule has 0 radical (unpaired) electrons. The van der Waals surface area contributed by atoms with E-state index in [4.69, 9.17) is 9.88 Å². The summed E-state index contributed by atoms with van der Waals surface area (Å²) in [6.45, 7) is 0.929. The molecule has 2 aromatic rings. The van der Waals surface area contributed by atoms with Crippen LogP contribution in [-0.4, -0.2) is 47.2 Å². The molecular formula is C19H23N3O6S2. The number of hydrogen-bond donors (Lipinski definition) is 2. The lowest BCUT2D eigenvalue weighted by atomic mass is 10.2. The summed E-state index contributed by atoms with van der Waals surface area (Å²) in [5, 5.41) is 7.68. The van der Waals surface area contributed by atoms with Crippen molar-refractivity contribution in [3.8, 4) is 5.75 Å². The summed E-state index contributed by atoms with van der Waals surface area (Å²) in [5.74, 6) is -0.260. The maximum atomic E-state index is 12.9. The van der Waals surface area contributed by atoms with Crippen molar-refractivity contribution in [3.05, 3.63) is 48.0 Å². The highest BCUT2D eigenvalue weighted by molar-refractivity contribution is 7.89. The van der Waals surface area contributed by atoms with Crippen molar-refractivity contribution in [1.29, 1.82) is 0 Å². The first kappa shape index (κ1) is 22.2. The van der Waals surface area contributed by atoms with Crippen LogP contribution in [-0.2, 0) is 20.0 Å². The van der Waals surface area contributed by atoms with Gasteiger partial charge in [-0.3, -0.25) is 4.79 Å². The van der Waals surface area contributed by atoms with Crippen LogP contribution in [0.2, 0.25) is 0 Å². The van der Waals surface area contributed by atoms with E-state index < -0.39 is 26.0 Å². The van der Waals surface area contributed by atoms with Crippen LogP contribution in [0.5, 0.6) is 5.75 Å². The summed E-state index contributed by atoms with van der Waals surface area (Å²) in [5.41, 5.74) is 0.366. The molecular weight excluding hydrogens is 430 g/mol. The van der Waals surface area contributed by atoms with E-state index in [1.54, 1.807) is 0 Å². The molecule has 1 aliphatic heterocycles. The van der Waals surface area contributed by atoms with Gasteiger partial charge in [-0.25, -0.2) is 22.0 Å². The highest BCUT2D eigenvalue weighted by Crippen LogP contribution is 2.30. The highest BCUT2D eigenvalue weighted by Gasteiger charge is 2.27. The Balaban J connectivity index is 1.88. The summed E-state index contributed by atoms with van der Waals surface area (Å²) < 4.78 is 55.2. The van der Waals surface area contributed by atoms with Crippen LogP contribution < -0.4 is 15.2 Å². The molecule has 11 heteroatoms. The molecule has 0 aromatic heterocycles. The maximum Gasteiger partial charge on any atom is 0.255 e. The zero-order valence-electron chi connectivity index (χ0n) is 16.4. The number of rotatable bonds is 6. The summed E-state index contributed by atoms with van der Waals surface area (Å²) in [6, 6.07) is 9.36. The van der Waals surface area contributed by atoms with Crippen molar-refractivity contribution in [3.63, 3.8) is 0 Å². The SMILES string of the molecule is COc1ccc(S(=O)(=O)N2CCCCC2)cc1NC(=O)c1ccc(S(N)(=O)=O)cc1. The first-order chi connectivity index (χ1) is 14.1. The third kappa shape index (κ3) is 4.81. The molecule has 0 bridgehead atoms. The summed E-state index contributed by atoms with van der Waals surface area (Å²) in [6.07, 6.45) is 2.63. The van der Waals surface area contributed by atoms with Crippen LogP contribution in [0, 0.1) is 0 Å². The molecule has 3 N–H and O–H groups in total. The van der Waals surface area contributed by atoms with Gasteiger partial charge in [0.1, 0.15) is 5.75 Å². The number of sulfonamides is 2. The normalized spacial score (nSPS) is 15.5. The molecule has 1 saturated heterocycles. The minimum Gasteiger partial charge on any atom is -0.495 e. The fourth-order valence-electron chi connectivity index (χ4n) is 3.19. The molecule has 30 heavy (non-hydrogen) atoms. The Bertz CT molecular complexity index is 1140. The first-order valence-corrected chi connectivity index (χ1v) is 12.2. The van der Waals surface area contributed by atoms with Crippen LogP contribution in [0.25, 0.3) is 0 Å². The number of anilines is 1. The van der Waals surface area contributed by atoms with Gasteiger partial charge in [0.25, 0.3) is 5.91 Å². The molecule has 9 nitrogen and oxygen atoms in total. The van der Waals surface area contributed by atoms with Crippen molar-refractivity contribution in [2.45, 2.75) is 29.1 Å². The summed E-state index contributed by atoms with van der Waals surface area (Å²) in [4.78, 5) is 12.5. The van der Waals surface area contributed by atoms with Gasteiger partial charge >= 0.3 is 0 Å². The summed E-state index contributed by atoms with van der Waals surface area (Å²) >= 11 is 0. The molecule has 2 aromatic carbocycles. The van der Waals surface area contributed by atoms with E-state index in [1.807, 2.05) is 0 Å². The van der Waals surface area contributed by atoms with E-state index >= 15 is 0 Å². The number of nitrogens with one attached hydrogen (secondary N) is 1. The molecule has 1 heterocycles. The Morgan fingerprint density at radius 2 is 1.57 bits per heavy atom. The number of carbonyl (C=O) groups excluding carboxylic acids is 1. The zero-order chi connectivity index (χ0) is 21.9. The molecule has 1 aliphatic rings. The number of nitrogens with zero attached hydrogens (tertiary/aromatic N) is 1. The Morgan fingerprint density at radius 1 is 0.967 bits per heavy atom. The maximum absolute atomic E-state index is 12.9. The molecule has 3 rings (SSSR count). The van der Waals surface area contributed by atoms with Gasteiger partial charge in [0.2, 0.25) is 20.0 Å². The van der Waals surface area contributed by atoms with Crippen molar-refractivity contribution in [2.75, 3.05) is 25.5 Å². The number of piperidine rings is 1. The Labute approximate surface area is 175 Å². The average molecular weight is 454 g/mol. The second-order valence-electron chi connectivity index (χ2n) is 6.85. The lowest BCUT2D eigenvalue weighted by Gasteiger charge is -2.26. The third-order valence-electron chi connectivity index (χ3n) is 4.82. The molecule has 0 saturated carbocycles. The van der Waals surface area contributed by atoms with Crippen LogP contribution in [0.1, 0.15) is 29.6 Å². The van der Waals surface area contributed by atoms with Crippen LogP contribution >= 0.6 is 0 Å². The Kier molecular flexibility index (Phi) is 6.46. The standard InChI is InChI=1S/C19H23N3O6S2/c1-28-18-10-9-16(30(26,27)22-11-3-2-4-12-22)13-17(18)21-19(23)14-5-7-15(8-6-14)29(20,24)25/h5-10,13H,2-4,11-12H2,1H3,(H,21,23)(H2,20,24,25). The van der Waals surface area contributed by atoms with Gasteiger partial charge < -0.3 is 10.1 Å². The highest BCUT2D eigenvalue weighted by atomic mass is 32.2. The lowest BCUT2D eigenvalue weighted by molar-refractivity contribution is 0.102. The van der Waals surface area contributed by atoms with Crippen LogP contribution in [0.3, 0.4) is 0 Å². The number of primary sulfonamides is 1. The van der Waals surface area contributed by atoms with E-state index in [0.717, 1.165) is 19.3 Å². The molecule has 0 spiro atoms. The van der Waals surface area contributed by atoms with E-state index in [2.05, 4.69) is 5.32 Å². The molecule has 0 unspecified atom stereocenters. The van der Waals surface area contributed by atoms with Crippen molar-refractivity contribution in [1.82, 2.24) is 4.31 Å². The Hall–Kier alpha value is -2.47.